The molecule has 1 saturated carbocycles. The highest BCUT2D eigenvalue weighted by molar-refractivity contribution is 6.30. The first-order chi connectivity index (χ1) is 12.7. The van der Waals surface area contributed by atoms with Crippen LogP contribution in [0.4, 0.5) is 0 Å². The number of nitrogens with zero attached hydrogens (tertiary/aromatic N) is 3. The molecule has 1 aliphatic carbocycles. The third kappa shape index (κ3) is 3.78. The van der Waals surface area contributed by atoms with Crippen molar-refractivity contribution in [3.05, 3.63) is 35.2 Å². The van der Waals surface area contributed by atoms with Crippen LogP contribution in [0, 0.1) is 5.92 Å². The minimum Gasteiger partial charge on any atom is -0.342 e. The van der Waals surface area contributed by atoms with E-state index in [1.54, 1.807) is 0 Å². The standard InChI is InChI=1S/C20H24ClN3O2/c21-17-10-8-14(9-11-17)18-22-19(26-23-18)16-7-4-12-24(13-16)20(25)15-5-2-1-3-6-15/h8-11,15-16H,1-7,12-13H2/t16-/m0/s1. The molecule has 1 amide bonds. The number of halogens is 1. The largest absolute Gasteiger partial charge is 0.342 e. The van der Waals surface area contributed by atoms with E-state index in [4.69, 9.17) is 16.1 Å². The van der Waals surface area contributed by atoms with Crippen LogP contribution in [0.3, 0.4) is 0 Å². The summed E-state index contributed by atoms with van der Waals surface area (Å²) in [6.45, 7) is 1.54. The second-order valence-corrected chi connectivity index (χ2v) is 7.86. The van der Waals surface area contributed by atoms with Crippen molar-refractivity contribution >= 4 is 17.5 Å². The van der Waals surface area contributed by atoms with E-state index in [2.05, 4.69) is 10.1 Å². The molecule has 1 saturated heterocycles. The second-order valence-electron chi connectivity index (χ2n) is 7.42. The quantitative estimate of drug-likeness (QED) is 0.783. The molecule has 0 N–H and O–H groups in total. The van der Waals surface area contributed by atoms with Crippen molar-refractivity contribution in [2.45, 2.75) is 50.9 Å². The minimum absolute atomic E-state index is 0.129. The van der Waals surface area contributed by atoms with E-state index in [9.17, 15) is 4.79 Å². The van der Waals surface area contributed by atoms with Crippen molar-refractivity contribution in [3.63, 3.8) is 0 Å². The van der Waals surface area contributed by atoms with E-state index in [1.807, 2.05) is 29.2 Å². The van der Waals surface area contributed by atoms with Gasteiger partial charge in [0.25, 0.3) is 0 Å². The number of carbonyl (C=O) groups excluding carboxylic acids is 1. The zero-order valence-electron chi connectivity index (χ0n) is 14.9. The smallest absolute Gasteiger partial charge is 0.231 e. The molecule has 2 fully saturated rings. The number of hydrogen-bond donors (Lipinski definition) is 0. The Bertz CT molecular complexity index is 753. The van der Waals surface area contributed by atoms with E-state index in [0.29, 0.717) is 29.2 Å². The van der Waals surface area contributed by atoms with E-state index in [1.165, 1.54) is 19.3 Å². The van der Waals surface area contributed by atoms with Gasteiger partial charge in [-0.25, -0.2) is 0 Å². The van der Waals surface area contributed by atoms with Crippen LogP contribution in [0.1, 0.15) is 56.8 Å². The van der Waals surface area contributed by atoms with Gasteiger partial charge in [-0.1, -0.05) is 36.0 Å². The van der Waals surface area contributed by atoms with Crippen molar-refractivity contribution in [2.75, 3.05) is 13.1 Å². The SMILES string of the molecule is O=C(C1CCCCC1)N1CCC[C@H](c2nc(-c3ccc(Cl)cc3)no2)C1. The molecule has 1 aromatic carbocycles. The summed E-state index contributed by atoms with van der Waals surface area (Å²) in [5.41, 5.74) is 0.885. The Morgan fingerprint density at radius 1 is 1.08 bits per heavy atom. The van der Waals surface area contributed by atoms with Gasteiger partial charge in [0, 0.05) is 29.6 Å². The van der Waals surface area contributed by atoms with Gasteiger partial charge in [0.15, 0.2) is 0 Å². The van der Waals surface area contributed by atoms with Gasteiger partial charge in [0.1, 0.15) is 0 Å². The van der Waals surface area contributed by atoms with Crippen LogP contribution in [0.2, 0.25) is 5.02 Å². The first-order valence-electron chi connectivity index (χ1n) is 9.59. The molecule has 4 rings (SSSR count). The van der Waals surface area contributed by atoms with Gasteiger partial charge in [-0.3, -0.25) is 4.79 Å². The Labute approximate surface area is 158 Å². The third-order valence-corrected chi connectivity index (χ3v) is 5.83. The van der Waals surface area contributed by atoms with Crippen LogP contribution in [-0.2, 0) is 4.79 Å². The summed E-state index contributed by atoms with van der Waals surface area (Å²) < 4.78 is 5.53. The molecule has 5 nitrogen and oxygen atoms in total. The molecule has 6 heteroatoms. The van der Waals surface area contributed by atoms with Crippen LogP contribution in [-0.4, -0.2) is 34.0 Å². The molecule has 1 aliphatic heterocycles. The number of aromatic nitrogens is 2. The van der Waals surface area contributed by atoms with Gasteiger partial charge >= 0.3 is 0 Å². The Hall–Kier alpha value is -1.88. The number of carbonyl (C=O) groups is 1. The summed E-state index contributed by atoms with van der Waals surface area (Å²) in [7, 11) is 0. The fourth-order valence-corrected chi connectivity index (χ4v) is 4.23. The molecule has 26 heavy (non-hydrogen) atoms. The predicted molar refractivity (Wildman–Crippen MR) is 99.9 cm³/mol. The van der Waals surface area contributed by atoms with Crippen molar-refractivity contribution < 1.29 is 9.32 Å². The van der Waals surface area contributed by atoms with E-state index < -0.39 is 0 Å². The zero-order chi connectivity index (χ0) is 17.9. The van der Waals surface area contributed by atoms with Crippen molar-refractivity contribution in [1.29, 1.82) is 0 Å². The van der Waals surface area contributed by atoms with Gasteiger partial charge in [0.05, 0.1) is 5.92 Å². The highest BCUT2D eigenvalue weighted by Gasteiger charge is 2.32. The fourth-order valence-electron chi connectivity index (χ4n) is 4.10. The Kier molecular flexibility index (Phi) is 5.25. The molecule has 0 radical (unpaired) electrons. The summed E-state index contributed by atoms with van der Waals surface area (Å²) in [5, 5.41) is 4.80. The monoisotopic (exact) mass is 373 g/mol. The second kappa shape index (κ2) is 7.78. The summed E-state index contributed by atoms with van der Waals surface area (Å²) in [4.78, 5) is 19.4. The predicted octanol–water partition coefficient (Wildman–Crippen LogP) is 4.68. The summed E-state index contributed by atoms with van der Waals surface area (Å²) in [6.07, 6.45) is 7.69. The number of benzene rings is 1. The lowest BCUT2D eigenvalue weighted by atomic mass is 9.87. The maximum absolute atomic E-state index is 12.8. The van der Waals surface area contributed by atoms with Crippen LogP contribution < -0.4 is 0 Å². The average Bonchev–Trinajstić information content (AvgIpc) is 3.19. The summed E-state index contributed by atoms with van der Waals surface area (Å²) >= 11 is 5.93. The average molecular weight is 374 g/mol. The highest BCUT2D eigenvalue weighted by Crippen LogP contribution is 2.31. The summed E-state index contributed by atoms with van der Waals surface area (Å²) in [5.74, 6) is 1.88. The lowest BCUT2D eigenvalue weighted by Gasteiger charge is -2.34. The number of rotatable bonds is 3. The van der Waals surface area contributed by atoms with Gasteiger partial charge in [0.2, 0.25) is 17.6 Å². The maximum Gasteiger partial charge on any atom is 0.231 e. The Morgan fingerprint density at radius 2 is 1.85 bits per heavy atom. The molecule has 1 atom stereocenters. The van der Waals surface area contributed by atoms with Gasteiger partial charge in [-0.2, -0.15) is 4.98 Å². The van der Waals surface area contributed by atoms with Crippen LogP contribution in [0.15, 0.2) is 28.8 Å². The number of hydrogen-bond acceptors (Lipinski definition) is 4. The number of piperidine rings is 1. The lowest BCUT2D eigenvalue weighted by Crippen LogP contribution is -2.42. The molecular formula is C20H24ClN3O2. The lowest BCUT2D eigenvalue weighted by molar-refractivity contribution is -0.137. The van der Waals surface area contributed by atoms with E-state index >= 15 is 0 Å². The van der Waals surface area contributed by atoms with Gasteiger partial charge in [-0.15, -0.1) is 0 Å². The van der Waals surface area contributed by atoms with E-state index in [0.717, 1.165) is 37.8 Å². The highest BCUT2D eigenvalue weighted by atomic mass is 35.5. The molecule has 0 bridgehead atoms. The Morgan fingerprint density at radius 3 is 2.62 bits per heavy atom. The molecule has 138 valence electrons. The minimum atomic E-state index is 0.129. The Balaban J connectivity index is 1.44. The first-order valence-corrected chi connectivity index (χ1v) is 9.97. The molecular weight excluding hydrogens is 350 g/mol. The van der Waals surface area contributed by atoms with Gasteiger partial charge in [-0.05, 0) is 49.9 Å². The van der Waals surface area contributed by atoms with E-state index in [-0.39, 0.29) is 11.8 Å². The molecule has 1 aromatic heterocycles. The maximum atomic E-state index is 12.8. The van der Waals surface area contributed by atoms with Crippen LogP contribution in [0.25, 0.3) is 11.4 Å². The summed E-state index contributed by atoms with van der Waals surface area (Å²) in [6, 6.07) is 7.41. The normalized spacial score (nSPS) is 21.7. The van der Waals surface area contributed by atoms with Crippen molar-refractivity contribution in [2.24, 2.45) is 5.92 Å². The number of amides is 1. The van der Waals surface area contributed by atoms with Gasteiger partial charge < -0.3 is 9.42 Å². The molecule has 2 aliphatic rings. The van der Waals surface area contributed by atoms with Crippen LogP contribution >= 0.6 is 11.6 Å². The topological polar surface area (TPSA) is 59.2 Å². The molecule has 2 aromatic rings. The molecule has 0 unspecified atom stereocenters. The van der Waals surface area contributed by atoms with Crippen molar-refractivity contribution in [3.8, 4) is 11.4 Å². The molecule has 0 spiro atoms. The zero-order valence-corrected chi connectivity index (χ0v) is 15.6. The van der Waals surface area contributed by atoms with Crippen molar-refractivity contribution in [1.82, 2.24) is 15.0 Å². The third-order valence-electron chi connectivity index (χ3n) is 5.58. The number of likely N-dealkylation sites (tertiary alicyclic amines) is 1. The molecule has 2 heterocycles. The van der Waals surface area contributed by atoms with Crippen LogP contribution in [0.5, 0.6) is 0 Å². The first kappa shape index (κ1) is 17.5. The fraction of sp³-hybridized carbons (Fsp3) is 0.550.